The number of aryl methyl sites for hydroxylation is 2. The number of nitrogens with zero attached hydrogens (tertiary/aromatic N) is 1. The lowest BCUT2D eigenvalue weighted by Gasteiger charge is -2.35. The Morgan fingerprint density at radius 3 is 2.68 bits per heavy atom. The van der Waals surface area contributed by atoms with Crippen LogP contribution in [0.15, 0.2) is 36.4 Å². The number of hydrogen-bond acceptors (Lipinski definition) is 2. The van der Waals surface area contributed by atoms with Gasteiger partial charge in [0, 0.05) is 30.1 Å². The predicted molar refractivity (Wildman–Crippen MR) is 98.1 cm³/mol. The Bertz CT molecular complexity index is 846. The van der Waals surface area contributed by atoms with Gasteiger partial charge in [0.05, 0.1) is 5.69 Å². The van der Waals surface area contributed by atoms with Crippen LogP contribution in [0.4, 0.5) is 5.69 Å². The number of hydrogen-bond donors (Lipinski definition) is 1. The van der Waals surface area contributed by atoms with E-state index in [1.54, 1.807) is 0 Å². The third kappa shape index (κ3) is 3.02. The molecule has 2 aromatic carbocycles. The second kappa shape index (κ2) is 6.52. The molecule has 2 aromatic rings. The van der Waals surface area contributed by atoms with Crippen LogP contribution in [-0.4, -0.2) is 18.4 Å². The Balaban J connectivity index is 1.58. The molecule has 25 heavy (non-hydrogen) atoms. The maximum atomic E-state index is 12.6. The highest BCUT2D eigenvalue weighted by atomic mass is 35.5. The molecular weight excluding hydrogens is 336 g/mol. The van der Waals surface area contributed by atoms with E-state index in [2.05, 4.69) is 5.32 Å². The van der Waals surface area contributed by atoms with Crippen molar-refractivity contribution in [3.8, 4) is 0 Å². The maximum absolute atomic E-state index is 12.6. The number of rotatable bonds is 3. The molecule has 1 N–H and O–H groups in total. The normalized spacial score (nSPS) is 15.7. The van der Waals surface area contributed by atoms with Gasteiger partial charge in [-0.25, -0.2) is 0 Å². The fourth-order valence-corrected chi connectivity index (χ4v) is 3.91. The van der Waals surface area contributed by atoms with Crippen LogP contribution >= 0.6 is 11.6 Å². The molecule has 4 rings (SSSR count). The number of carbonyl (C=O) groups excluding carboxylic acids is 2. The molecule has 0 radical (unpaired) electrons. The van der Waals surface area contributed by atoms with Gasteiger partial charge in [-0.15, -0.1) is 0 Å². The van der Waals surface area contributed by atoms with Crippen molar-refractivity contribution in [3.63, 3.8) is 0 Å². The molecule has 0 unspecified atom stereocenters. The Labute approximate surface area is 151 Å². The Morgan fingerprint density at radius 1 is 1.12 bits per heavy atom. The third-order valence-electron chi connectivity index (χ3n) is 4.93. The van der Waals surface area contributed by atoms with E-state index in [0.29, 0.717) is 30.0 Å². The van der Waals surface area contributed by atoms with Crippen molar-refractivity contribution in [2.45, 2.75) is 32.2 Å². The smallest absolute Gasteiger partial charge is 0.251 e. The fourth-order valence-electron chi connectivity index (χ4n) is 3.70. The molecule has 128 valence electrons. The molecule has 0 aromatic heterocycles. The minimum atomic E-state index is -0.104. The summed E-state index contributed by atoms with van der Waals surface area (Å²) in [6.07, 6.45) is 3.10. The Morgan fingerprint density at radius 2 is 1.88 bits per heavy atom. The van der Waals surface area contributed by atoms with Crippen molar-refractivity contribution < 1.29 is 9.59 Å². The highest BCUT2D eigenvalue weighted by molar-refractivity contribution is 6.31. The van der Waals surface area contributed by atoms with Crippen molar-refractivity contribution in [1.82, 2.24) is 5.32 Å². The number of halogens is 1. The van der Waals surface area contributed by atoms with Crippen molar-refractivity contribution in [1.29, 1.82) is 0 Å². The number of nitrogens with one attached hydrogen (secondary N) is 1. The first-order valence-electron chi connectivity index (χ1n) is 8.61. The van der Waals surface area contributed by atoms with Gasteiger partial charge in [0.25, 0.3) is 5.91 Å². The van der Waals surface area contributed by atoms with E-state index in [1.165, 1.54) is 0 Å². The second-order valence-electron chi connectivity index (χ2n) is 6.57. The molecule has 2 aliphatic heterocycles. The summed E-state index contributed by atoms with van der Waals surface area (Å²) in [4.78, 5) is 26.6. The zero-order chi connectivity index (χ0) is 17.4. The van der Waals surface area contributed by atoms with Crippen LogP contribution in [0.5, 0.6) is 0 Å². The molecule has 4 nitrogen and oxygen atoms in total. The van der Waals surface area contributed by atoms with Crippen LogP contribution in [0.1, 0.15) is 39.9 Å². The molecule has 0 spiro atoms. The van der Waals surface area contributed by atoms with Crippen LogP contribution in [0.3, 0.4) is 0 Å². The van der Waals surface area contributed by atoms with Crippen molar-refractivity contribution in [2.75, 3.05) is 11.4 Å². The lowest BCUT2D eigenvalue weighted by molar-refractivity contribution is -0.119. The van der Waals surface area contributed by atoms with Gasteiger partial charge in [0.2, 0.25) is 5.91 Å². The van der Waals surface area contributed by atoms with Gasteiger partial charge >= 0.3 is 0 Å². The SMILES string of the molecule is O=C(NCc1ccccc1Cl)c1cc2c3c(c1)CCC(=O)N3CCC2. The second-order valence-corrected chi connectivity index (χ2v) is 6.97. The first kappa shape index (κ1) is 16.2. The largest absolute Gasteiger partial charge is 0.348 e. The Kier molecular flexibility index (Phi) is 4.22. The topological polar surface area (TPSA) is 49.4 Å². The molecule has 0 bridgehead atoms. The zero-order valence-corrected chi connectivity index (χ0v) is 14.6. The summed E-state index contributed by atoms with van der Waals surface area (Å²) < 4.78 is 0. The molecule has 2 aliphatic rings. The minimum Gasteiger partial charge on any atom is -0.348 e. The standard InChI is InChI=1S/C20H19ClN2O2/c21-17-6-2-1-4-15(17)12-22-20(25)16-10-13-5-3-9-23-18(24)8-7-14(11-16)19(13)23/h1-2,4,6,10-11H,3,5,7-9,12H2,(H,22,25). The van der Waals surface area contributed by atoms with Gasteiger partial charge in [-0.05, 0) is 54.2 Å². The van der Waals surface area contributed by atoms with Crippen molar-refractivity contribution >= 4 is 29.1 Å². The Hall–Kier alpha value is -2.33. The van der Waals surface area contributed by atoms with Gasteiger partial charge in [-0.3, -0.25) is 9.59 Å². The summed E-state index contributed by atoms with van der Waals surface area (Å²) in [7, 11) is 0. The zero-order valence-electron chi connectivity index (χ0n) is 13.8. The highest BCUT2D eigenvalue weighted by Gasteiger charge is 2.30. The predicted octanol–water partition coefficient (Wildman–Crippen LogP) is 3.50. The highest BCUT2D eigenvalue weighted by Crippen LogP contribution is 2.36. The van der Waals surface area contributed by atoms with Crippen LogP contribution in [0.2, 0.25) is 5.02 Å². The first-order valence-corrected chi connectivity index (χ1v) is 8.99. The molecule has 0 saturated carbocycles. The molecule has 2 heterocycles. The summed E-state index contributed by atoms with van der Waals surface area (Å²) in [5.41, 5.74) is 4.83. The first-order chi connectivity index (χ1) is 12.1. The van der Waals surface area contributed by atoms with E-state index >= 15 is 0 Å². The van der Waals surface area contributed by atoms with Crippen molar-refractivity contribution in [2.24, 2.45) is 0 Å². The monoisotopic (exact) mass is 354 g/mol. The van der Waals surface area contributed by atoms with Crippen LogP contribution in [0.25, 0.3) is 0 Å². The van der Waals surface area contributed by atoms with Gasteiger partial charge < -0.3 is 10.2 Å². The maximum Gasteiger partial charge on any atom is 0.251 e. The molecule has 0 saturated heterocycles. The number of benzene rings is 2. The van der Waals surface area contributed by atoms with E-state index in [0.717, 1.165) is 41.8 Å². The van der Waals surface area contributed by atoms with E-state index in [4.69, 9.17) is 11.6 Å². The van der Waals surface area contributed by atoms with Crippen LogP contribution in [0, 0.1) is 0 Å². The number of amides is 2. The molecule has 0 fully saturated rings. The number of anilines is 1. The van der Waals surface area contributed by atoms with Crippen molar-refractivity contribution in [3.05, 3.63) is 63.7 Å². The molecule has 0 atom stereocenters. The average Bonchev–Trinajstić information content (AvgIpc) is 2.63. The van der Waals surface area contributed by atoms with Gasteiger partial charge in [0.15, 0.2) is 0 Å². The lowest BCUT2D eigenvalue weighted by Crippen LogP contribution is -2.39. The van der Waals surface area contributed by atoms with Gasteiger partial charge in [-0.2, -0.15) is 0 Å². The fraction of sp³-hybridized carbons (Fsp3) is 0.300. The molecule has 2 amide bonds. The van der Waals surface area contributed by atoms with Crippen LogP contribution < -0.4 is 10.2 Å². The van der Waals surface area contributed by atoms with Crippen LogP contribution in [-0.2, 0) is 24.2 Å². The third-order valence-corrected chi connectivity index (χ3v) is 5.30. The summed E-state index contributed by atoms with van der Waals surface area (Å²) in [5, 5.41) is 3.60. The van der Waals surface area contributed by atoms with E-state index in [9.17, 15) is 9.59 Å². The molecular formula is C20H19ClN2O2. The summed E-state index contributed by atoms with van der Waals surface area (Å²) in [6, 6.07) is 11.4. The van der Waals surface area contributed by atoms with Gasteiger partial charge in [0.1, 0.15) is 0 Å². The van der Waals surface area contributed by atoms with Gasteiger partial charge in [-0.1, -0.05) is 29.8 Å². The summed E-state index contributed by atoms with van der Waals surface area (Å²) in [5.74, 6) is 0.0948. The van der Waals surface area contributed by atoms with E-state index in [-0.39, 0.29) is 11.8 Å². The van der Waals surface area contributed by atoms with E-state index in [1.807, 2.05) is 41.3 Å². The van der Waals surface area contributed by atoms with E-state index < -0.39 is 0 Å². The average molecular weight is 355 g/mol. The quantitative estimate of drug-likeness (QED) is 0.917. The molecule has 5 heteroatoms. The summed E-state index contributed by atoms with van der Waals surface area (Å²) in [6.45, 7) is 1.19. The lowest BCUT2D eigenvalue weighted by atomic mass is 9.89. The molecule has 0 aliphatic carbocycles. The number of carbonyl (C=O) groups is 2. The summed E-state index contributed by atoms with van der Waals surface area (Å²) >= 11 is 6.14. The minimum absolute atomic E-state index is 0.104.